The summed E-state index contributed by atoms with van der Waals surface area (Å²) in [6, 6.07) is 7.94. The molecule has 3 aromatic rings. The minimum atomic E-state index is -0.419. The van der Waals surface area contributed by atoms with Crippen LogP contribution >= 0.6 is 27.3 Å². The Morgan fingerprint density at radius 2 is 2.11 bits per heavy atom. The van der Waals surface area contributed by atoms with Crippen LogP contribution < -0.4 is 5.73 Å². The number of thiazole rings is 1. The molecular weight excluding hydrogens is 324 g/mol. The first-order chi connectivity index (χ1) is 8.93. The summed E-state index contributed by atoms with van der Waals surface area (Å²) in [6.07, 6.45) is 0. The lowest BCUT2D eigenvalue weighted by molar-refractivity contribution is 0.549. The molecule has 98 valence electrons. The van der Waals surface area contributed by atoms with Gasteiger partial charge in [-0.2, -0.15) is 0 Å². The molecule has 3 rings (SSSR count). The highest BCUT2D eigenvalue weighted by Gasteiger charge is 2.20. The summed E-state index contributed by atoms with van der Waals surface area (Å²) in [5, 5.41) is 3.95. The molecule has 0 radical (unpaired) electrons. The Hall–Kier alpha value is -1.17. The Balaban J connectivity index is 2.07. The van der Waals surface area contributed by atoms with Gasteiger partial charge in [-0.3, -0.25) is 0 Å². The standard InChI is InChI=1S/C14H13BrN2OS/c1-14(2,16)13-17-10(7-19-13)12-6-8-5-9(15)3-4-11(8)18-12/h3-7H,16H2,1-2H3. The first kappa shape index (κ1) is 12.8. The SMILES string of the molecule is CC(C)(N)c1nc(-c2cc3cc(Br)ccc3o2)cs1. The Kier molecular flexibility index (Phi) is 3.00. The van der Waals surface area contributed by atoms with Crippen LogP contribution in [0, 0.1) is 0 Å². The van der Waals surface area contributed by atoms with E-state index in [0.717, 1.165) is 31.9 Å². The van der Waals surface area contributed by atoms with Crippen LogP contribution in [0.15, 0.2) is 38.5 Å². The van der Waals surface area contributed by atoms with Gasteiger partial charge in [0.05, 0.1) is 5.54 Å². The number of rotatable bonds is 2. The summed E-state index contributed by atoms with van der Waals surface area (Å²) in [6.45, 7) is 3.90. The summed E-state index contributed by atoms with van der Waals surface area (Å²) in [7, 11) is 0. The van der Waals surface area contributed by atoms with Crippen LogP contribution in [0.3, 0.4) is 0 Å². The van der Waals surface area contributed by atoms with Crippen molar-refractivity contribution in [3.8, 4) is 11.5 Å². The molecule has 0 atom stereocenters. The molecule has 2 aromatic heterocycles. The fraction of sp³-hybridized carbons (Fsp3) is 0.214. The van der Waals surface area contributed by atoms with Gasteiger partial charge >= 0.3 is 0 Å². The second-order valence-corrected chi connectivity index (χ2v) is 6.83. The Labute approximate surface area is 123 Å². The first-order valence-electron chi connectivity index (χ1n) is 5.88. The molecule has 0 spiro atoms. The number of benzene rings is 1. The molecule has 5 heteroatoms. The van der Waals surface area contributed by atoms with Gasteiger partial charge in [0.1, 0.15) is 16.3 Å². The van der Waals surface area contributed by atoms with Crippen LogP contribution in [0.4, 0.5) is 0 Å². The lowest BCUT2D eigenvalue weighted by atomic mass is 10.1. The molecule has 0 fully saturated rings. The van der Waals surface area contributed by atoms with Gasteiger partial charge in [-0.05, 0) is 38.1 Å². The van der Waals surface area contributed by atoms with E-state index in [4.69, 9.17) is 10.2 Å². The third kappa shape index (κ3) is 2.45. The highest BCUT2D eigenvalue weighted by Crippen LogP contribution is 2.32. The van der Waals surface area contributed by atoms with Crippen LogP contribution in [0.1, 0.15) is 18.9 Å². The average Bonchev–Trinajstić information content (AvgIpc) is 2.92. The van der Waals surface area contributed by atoms with E-state index in [1.165, 1.54) is 0 Å². The molecule has 0 aliphatic carbocycles. The number of aromatic nitrogens is 1. The van der Waals surface area contributed by atoms with Gasteiger partial charge in [-0.1, -0.05) is 15.9 Å². The van der Waals surface area contributed by atoms with Crippen LogP contribution in [0.25, 0.3) is 22.4 Å². The number of furan rings is 1. The van der Waals surface area contributed by atoms with E-state index in [1.54, 1.807) is 11.3 Å². The maximum Gasteiger partial charge on any atom is 0.154 e. The number of hydrogen-bond acceptors (Lipinski definition) is 4. The van der Waals surface area contributed by atoms with E-state index in [2.05, 4.69) is 20.9 Å². The molecule has 0 unspecified atom stereocenters. The minimum Gasteiger partial charge on any atom is -0.454 e. The zero-order chi connectivity index (χ0) is 13.6. The summed E-state index contributed by atoms with van der Waals surface area (Å²) in [4.78, 5) is 4.56. The maximum atomic E-state index is 6.05. The van der Waals surface area contributed by atoms with E-state index >= 15 is 0 Å². The van der Waals surface area contributed by atoms with Gasteiger partial charge < -0.3 is 10.2 Å². The number of halogens is 1. The van der Waals surface area contributed by atoms with Crippen LogP contribution in [-0.4, -0.2) is 4.98 Å². The number of fused-ring (bicyclic) bond motifs is 1. The van der Waals surface area contributed by atoms with Crippen molar-refractivity contribution in [2.24, 2.45) is 5.73 Å². The average molecular weight is 337 g/mol. The monoisotopic (exact) mass is 336 g/mol. The van der Waals surface area contributed by atoms with Gasteiger partial charge in [-0.25, -0.2) is 4.98 Å². The van der Waals surface area contributed by atoms with Crippen molar-refractivity contribution in [1.29, 1.82) is 0 Å². The van der Waals surface area contributed by atoms with Crippen molar-refractivity contribution in [3.63, 3.8) is 0 Å². The predicted octanol–water partition coefficient (Wildman–Crippen LogP) is 4.51. The smallest absolute Gasteiger partial charge is 0.154 e. The second kappa shape index (κ2) is 4.44. The molecule has 0 amide bonds. The van der Waals surface area contributed by atoms with Crippen molar-refractivity contribution >= 4 is 38.2 Å². The topological polar surface area (TPSA) is 52.0 Å². The van der Waals surface area contributed by atoms with E-state index in [9.17, 15) is 0 Å². The van der Waals surface area contributed by atoms with Crippen molar-refractivity contribution in [2.75, 3.05) is 0 Å². The molecule has 0 saturated carbocycles. The highest BCUT2D eigenvalue weighted by atomic mass is 79.9. The van der Waals surface area contributed by atoms with Crippen molar-refractivity contribution in [1.82, 2.24) is 4.98 Å². The Bertz CT molecular complexity index is 739. The molecule has 0 bridgehead atoms. The van der Waals surface area contributed by atoms with E-state index in [1.807, 2.05) is 43.5 Å². The molecule has 0 aliphatic heterocycles. The van der Waals surface area contributed by atoms with Gasteiger partial charge in [0.15, 0.2) is 5.76 Å². The van der Waals surface area contributed by atoms with E-state index in [-0.39, 0.29) is 0 Å². The second-order valence-electron chi connectivity index (χ2n) is 5.05. The molecule has 2 N–H and O–H groups in total. The van der Waals surface area contributed by atoms with Gasteiger partial charge in [0, 0.05) is 15.2 Å². The van der Waals surface area contributed by atoms with Crippen LogP contribution in [0.2, 0.25) is 0 Å². The van der Waals surface area contributed by atoms with Crippen molar-refractivity contribution in [3.05, 3.63) is 39.1 Å². The van der Waals surface area contributed by atoms with E-state index in [0.29, 0.717) is 0 Å². The van der Waals surface area contributed by atoms with Crippen LogP contribution in [-0.2, 0) is 5.54 Å². The molecule has 3 nitrogen and oxygen atoms in total. The van der Waals surface area contributed by atoms with Gasteiger partial charge in [0.2, 0.25) is 0 Å². The summed E-state index contributed by atoms with van der Waals surface area (Å²) in [5.74, 6) is 0.778. The third-order valence-corrected chi connectivity index (χ3v) is 4.46. The van der Waals surface area contributed by atoms with Crippen LogP contribution in [0.5, 0.6) is 0 Å². The molecule has 0 saturated heterocycles. The van der Waals surface area contributed by atoms with Gasteiger partial charge in [0.25, 0.3) is 0 Å². The molecule has 19 heavy (non-hydrogen) atoms. The summed E-state index contributed by atoms with van der Waals surface area (Å²) in [5.41, 5.74) is 7.34. The summed E-state index contributed by atoms with van der Waals surface area (Å²) >= 11 is 5.02. The third-order valence-electron chi connectivity index (χ3n) is 2.79. The lowest BCUT2D eigenvalue weighted by Crippen LogP contribution is -2.28. The Morgan fingerprint density at radius 1 is 1.32 bits per heavy atom. The zero-order valence-corrected chi connectivity index (χ0v) is 13.0. The number of nitrogens with zero attached hydrogens (tertiary/aromatic N) is 1. The molecular formula is C14H13BrN2OS. The highest BCUT2D eigenvalue weighted by molar-refractivity contribution is 9.10. The number of hydrogen-bond donors (Lipinski definition) is 1. The number of nitrogens with two attached hydrogens (primary N) is 1. The fourth-order valence-corrected chi connectivity index (χ4v) is 3.05. The summed E-state index contributed by atoms with van der Waals surface area (Å²) < 4.78 is 6.85. The lowest BCUT2D eigenvalue weighted by Gasteiger charge is -2.13. The Morgan fingerprint density at radius 3 is 2.79 bits per heavy atom. The van der Waals surface area contributed by atoms with Crippen molar-refractivity contribution < 1.29 is 4.42 Å². The normalized spacial score (nSPS) is 12.2. The molecule has 0 aliphatic rings. The maximum absolute atomic E-state index is 6.05. The quantitative estimate of drug-likeness (QED) is 0.748. The van der Waals surface area contributed by atoms with E-state index < -0.39 is 5.54 Å². The van der Waals surface area contributed by atoms with Gasteiger partial charge in [-0.15, -0.1) is 11.3 Å². The zero-order valence-electron chi connectivity index (χ0n) is 10.6. The minimum absolute atomic E-state index is 0.419. The van der Waals surface area contributed by atoms with Crippen molar-refractivity contribution in [2.45, 2.75) is 19.4 Å². The fourth-order valence-electron chi connectivity index (χ4n) is 1.82. The first-order valence-corrected chi connectivity index (χ1v) is 7.55. The molecule has 1 aromatic carbocycles. The predicted molar refractivity (Wildman–Crippen MR) is 82.2 cm³/mol. The molecule has 2 heterocycles. The largest absolute Gasteiger partial charge is 0.454 e.